The molecule has 0 radical (unpaired) electrons. The van der Waals surface area contributed by atoms with Gasteiger partial charge in [0.1, 0.15) is 11.2 Å². The molecule has 0 unspecified atom stereocenters. The van der Waals surface area contributed by atoms with Crippen LogP contribution in [0.5, 0.6) is 0 Å². The molecule has 0 saturated carbocycles. The fraction of sp³-hybridized carbons (Fsp3) is 0.0182. The number of fused-ring (bicyclic) bond motifs is 6. The Labute approximate surface area is 347 Å². The number of hydrogen-bond acceptors (Lipinski definition) is 4. The monoisotopic (exact) mass is 770 g/mol. The number of furan rings is 1. The number of aromatic nitrogens is 3. The molecular formula is C55H38N4O. The van der Waals surface area contributed by atoms with E-state index >= 15 is 0 Å². The molecule has 3 heterocycles. The summed E-state index contributed by atoms with van der Waals surface area (Å²) in [4.78, 5) is 13.2. The molecule has 0 aliphatic carbocycles. The molecule has 0 bridgehead atoms. The molecule has 8 aromatic carbocycles. The van der Waals surface area contributed by atoms with E-state index in [-0.39, 0.29) is 0 Å². The Bertz CT molecular complexity index is 3420. The first kappa shape index (κ1) is 35.2. The van der Waals surface area contributed by atoms with Crippen molar-refractivity contribution in [3.63, 3.8) is 0 Å². The van der Waals surface area contributed by atoms with Gasteiger partial charge < -0.3 is 9.32 Å². The molecule has 0 saturated heterocycles. The molecule has 5 heteroatoms. The molecule has 0 aliphatic rings. The van der Waals surface area contributed by atoms with E-state index in [0.29, 0.717) is 5.95 Å². The van der Waals surface area contributed by atoms with Crippen LogP contribution in [-0.4, -0.2) is 14.5 Å². The van der Waals surface area contributed by atoms with E-state index in [9.17, 15) is 0 Å². The average molecular weight is 771 g/mol. The molecule has 60 heavy (non-hydrogen) atoms. The largest absolute Gasteiger partial charge is 0.455 e. The maximum absolute atomic E-state index is 6.91. The third kappa shape index (κ3) is 5.78. The predicted octanol–water partition coefficient (Wildman–Crippen LogP) is 15.1. The Morgan fingerprint density at radius 2 is 1.23 bits per heavy atom. The van der Waals surface area contributed by atoms with Crippen molar-refractivity contribution in [2.75, 3.05) is 4.90 Å². The van der Waals surface area contributed by atoms with Crippen LogP contribution in [0, 0.1) is 0 Å². The second kappa shape index (κ2) is 14.4. The van der Waals surface area contributed by atoms with Crippen molar-refractivity contribution in [2.45, 2.75) is 6.92 Å². The van der Waals surface area contributed by atoms with Crippen molar-refractivity contribution in [1.29, 1.82) is 0 Å². The highest BCUT2D eigenvalue weighted by molar-refractivity contribution is 6.16. The van der Waals surface area contributed by atoms with E-state index in [1.165, 1.54) is 5.39 Å². The molecule has 0 atom stereocenters. The van der Waals surface area contributed by atoms with Crippen LogP contribution in [-0.2, 0) is 0 Å². The maximum atomic E-state index is 6.91. The summed E-state index contributed by atoms with van der Waals surface area (Å²) in [6, 6.07) is 63.7. The van der Waals surface area contributed by atoms with Crippen molar-refractivity contribution in [3.05, 3.63) is 206 Å². The summed E-state index contributed by atoms with van der Waals surface area (Å²) in [5.74, 6) is 0.554. The van der Waals surface area contributed by atoms with Gasteiger partial charge in [0.15, 0.2) is 0 Å². The Hall–Kier alpha value is -8.02. The zero-order valence-corrected chi connectivity index (χ0v) is 33.0. The Balaban J connectivity index is 1.21. The van der Waals surface area contributed by atoms with Crippen molar-refractivity contribution in [1.82, 2.24) is 14.5 Å². The van der Waals surface area contributed by atoms with Gasteiger partial charge in [-0.1, -0.05) is 134 Å². The Morgan fingerprint density at radius 3 is 1.95 bits per heavy atom. The van der Waals surface area contributed by atoms with Gasteiger partial charge in [-0.05, 0) is 102 Å². The molecule has 0 spiro atoms. The van der Waals surface area contributed by atoms with Crippen LogP contribution >= 0.6 is 0 Å². The van der Waals surface area contributed by atoms with Crippen molar-refractivity contribution in [3.8, 4) is 28.3 Å². The first-order chi connectivity index (χ1) is 29.7. The van der Waals surface area contributed by atoms with E-state index < -0.39 is 0 Å². The number of para-hydroxylation sites is 3. The minimum absolute atomic E-state index is 0.554. The lowest BCUT2D eigenvalue weighted by molar-refractivity contribution is 0.670. The molecule has 284 valence electrons. The highest BCUT2D eigenvalue weighted by Crippen LogP contribution is 2.43. The van der Waals surface area contributed by atoms with Crippen LogP contribution in [0.1, 0.15) is 18.2 Å². The number of hydrogen-bond donors (Lipinski definition) is 0. The normalized spacial score (nSPS) is 11.8. The number of anilines is 3. The van der Waals surface area contributed by atoms with Crippen molar-refractivity contribution >= 4 is 83.7 Å². The van der Waals surface area contributed by atoms with Crippen molar-refractivity contribution < 1.29 is 4.42 Å². The van der Waals surface area contributed by atoms with Gasteiger partial charge in [-0.25, -0.2) is 9.97 Å². The lowest BCUT2D eigenvalue weighted by atomic mass is 9.96. The van der Waals surface area contributed by atoms with Gasteiger partial charge in [0.25, 0.3) is 0 Å². The van der Waals surface area contributed by atoms with E-state index in [1.807, 2.05) is 31.2 Å². The highest BCUT2D eigenvalue weighted by Gasteiger charge is 2.24. The highest BCUT2D eigenvalue weighted by atomic mass is 16.3. The van der Waals surface area contributed by atoms with E-state index in [4.69, 9.17) is 14.4 Å². The maximum Gasteiger partial charge on any atom is 0.235 e. The summed E-state index contributed by atoms with van der Waals surface area (Å²) in [5.41, 5.74) is 12.4. The molecule has 5 nitrogen and oxygen atoms in total. The average Bonchev–Trinajstić information content (AvgIpc) is 3.82. The van der Waals surface area contributed by atoms with Gasteiger partial charge >= 0.3 is 0 Å². The minimum Gasteiger partial charge on any atom is -0.455 e. The van der Waals surface area contributed by atoms with Crippen LogP contribution in [0.4, 0.5) is 17.1 Å². The third-order valence-electron chi connectivity index (χ3n) is 11.4. The smallest absolute Gasteiger partial charge is 0.235 e. The summed E-state index contributed by atoms with van der Waals surface area (Å²) in [6.07, 6.45) is 6.12. The SMILES string of the molecule is C=Cc1c(/C=C\C)n(-c2nc(-c3cc(-c4ccccc4)cc4c3oc3cc5ccccc5cc34)c3ccccc3n2)c2cc(N(c3ccccc3)c3ccccc3)ccc12. The second-order valence-electron chi connectivity index (χ2n) is 15.0. The topological polar surface area (TPSA) is 47.1 Å². The number of nitrogens with zero attached hydrogens (tertiary/aromatic N) is 4. The first-order valence-electron chi connectivity index (χ1n) is 20.2. The van der Waals surface area contributed by atoms with E-state index in [0.717, 1.165) is 99.8 Å². The molecule has 11 rings (SSSR count). The van der Waals surface area contributed by atoms with E-state index in [1.54, 1.807) is 0 Å². The first-order valence-corrected chi connectivity index (χ1v) is 20.2. The summed E-state index contributed by atoms with van der Waals surface area (Å²) in [6.45, 7) is 6.34. The second-order valence-corrected chi connectivity index (χ2v) is 15.0. The minimum atomic E-state index is 0.554. The van der Waals surface area contributed by atoms with Gasteiger partial charge in [0, 0.05) is 49.7 Å². The number of rotatable bonds is 8. The van der Waals surface area contributed by atoms with Gasteiger partial charge in [-0.2, -0.15) is 0 Å². The van der Waals surface area contributed by atoms with E-state index in [2.05, 4.69) is 192 Å². The number of benzene rings is 8. The van der Waals surface area contributed by atoms with Crippen LogP contribution in [0.2, 0.25) is 0 Å². The molecule has 0 N–H and O–H groups in total. The van der Waals surface area contributed by atoms with Gasteiger partial charge in [-0.15, -0.1) is 0 Å². The molecular weight excluding hydrogens is 733 g/mol. The van der Waals surface area contributed by atoms with Crippen LogP contribution < -0.4 is 4.90 Å². The third-order valence-corrected chi connectivity index (χ3v) is 11.4. The summed E-state index contributed by atoms with van der Waals surface area (Å²) in [7, 11) is 0. The Morgan fingerprint density at radius 1 is 0.567 bits per heavy atom. The lowest BCUT2D eigenvalue weighted by Crippen LogP contribution is -2.10. The quantitative estimate of drug-likeness (QED) is 0.154. The molecule has 0 amide bonds. The molecule has 3 aromatic heterocycles. The van der Waals surface area contributed by atoms with Gasteiger partial charge in [0.05, 0.1) is 22.4 Å². The molecule has 0 aliphatic heterocycles. The van der Waals surface area contributed by atoms with Crippen LogP contribution in [0.15, 0.2) is 199 Å². The van der Waals surface area contributed by atoms with Gasteiger partial charge in [-0.3, -0.25) is 4.57 Å². The zero-order valence-electron chi connectivity index (χ0n) is 33.0. The standard InChI is InChI=1S/C55H38N4O/c1-3-18-50-43(4-2)44-30-29-42(58(40-23-10-6-11-24-40)41-25-12-7-13-26-41)35-51(44)59(50)55-56-49-28-17-16-27-45(49)53(57-55)48-33-39(36-19-8-5-9-20-36)32-47-46-31-37-21-14-15-22-38(37)34-52(46)60-54(47)48/h3-35H,2H2,1H3/b18-3-. The summed E-state index contributed by atoms with van der Waals surface area (Å²) < 4.78 is 9.10. The zero-order chi connectivity index (χ0) is 40.2. The molecule has 0 fully saturated rings. The summed E-state index contributed by atoms with van der Waals surface area (Å²) in [5, 5.41) is 6.40. The van der Waals surface area contributed by atoms with Crippen LogP contribution in [0.3, 0.4) is 0 Å². The van der Waals surface area contributed by atoms with Crippen LogP contribution in [0.25, 0.3) is 95.0 Å². The van der Waals surface area contributed by atoms with Crippen molar-refractivity contribution in [2.24, 2.45) is 0 Å². The van der Waals surface area contributed by atoms with Gasteiger partial charge in [0.2, 0.25) is 5.95 Å². The fourth-order valence-electron chi connectivity index (χ4n) is 8.72. The number of allylic oxidation sites excluding steroid dienone is 1. The Kier molecular flexibility index (Phi) is 8.45. The summed E-state index contributed by atoms with van der Waals surface area (Å²) >= 11 is 0. The lowest BCUT2D eigenvalue weighted by Gasteiger charge is -2.25. The predicted molar refractivity (Wildman–Crippen MR) is 252 cm³/mol. The molecule has 11 aromatic rings. The fourth-order valence-corrected chi connectivity index (χ4v) is 8.72.